The first kappa shape index (κ1) is 15.1. The molecule has 0 bridgehead atoms. The third kappa shape index (κ3) is 3.82. The predicted octanol–water partition coefficient (Wildman–Crippen LogP) is 2.23. The molecule has 0 aliphatic rings. The highest BCUT2D eigenvalue weighted by atomic mass is 32.2. The summed E-state index contributed by atoms with van der Waals surface area (Å²) in [6.45, 7) is 1.95. The summed E-state index contributed by atoms with van der Waals surface area (Å²) in [5, 5.41) is 2.70. The van der Waals surface area contributed by atoms with Gasteiger partial charge in [-0.2, -0.15) is 0 Å². The number of aryl methyl sites for hydroxylation is 1. The van der Waals surface area contributed by atoms with Crippen molar-refractivity contribution in [3.63, 3.8) is 0 Å². The molecule has 0 fully saturated rings. The van der Waals surface area contributed by atoms with E-state index in [-0.39, 0.29) is 16.1 Å². The smallest absolute Gasteiger partial charge is 0.255 e. The molecule has 2 aromatic carbocycles. The van der Waals surface area contributed by atoms with Gasteiger partial charge in [-0.3, -0.25) is 4.79 Å². The van der Waals surface area contributed by atoms with E-state index in [1.165, 1.54) is 18.2 Å². The normalized spacial score (nSPS) is 11.1. The van der Waals surface area contributed by atoms with Crippen LogP contribution < -0.4 is 11.1 Å². The minimum absolute atomic E-state index is 0.0246. The molecule has 0 atom stereocenters. The van der Waals surface area contributed by atoms with Gasteiger partial charge in [-0.05, 0) is 37.3 Å². The lowest BCUT2D eigenvalue weighted by molar-refractivity contribution is 0.102. The molecule has 3 N–H and O–H groups in total. The molecular formula is C15H16N2O3S. The highest BCUT2D eigenvalue weighted by Gasteiger charge is 2.13. The molecule has 0 unspecified atom stereocenters. The molecule has 0 saturated heterocycles. The van der Waals surface area contributed by atoms with Gasteiger partial charge in [0.15, 0.2) is 9.84 Å². The van der Waals surface area contributed by atoms with E-state index in [1.807, 2.05) is 19.1 Å². The molecule has 0 aliphatic carbocycles. The molecule has 2 aromatic rings. The summed E-state index contributed by atoms with van der Waals surface area (Å²) in [6.07, 6.45) is 1.07. The van der Waals surface area contributed by atoms with Crippen molar-refractivity contribution >= 4 is 27.1 Å². The number of benzene rings is 2. The van der Waals surface area contributed by atoms with E-state index >= 15 is 0 Å². The van der Waals surface area contributed by atoms with E-state index in [4.69, 9.17) is 5.73 Å². The fourth-order valence-electron chi connectivity index (χ4n) is 1.81. The first-order valence-corrected chi connectivity index (χ1v) is 8.13. The van der Waals surface area contributed by atoms with Crippen LogP contribution in [0.1, 0.15) is 15.9 Å². The third-order valence-electron chi connectivity index (χ3n) is 2.93. The molecule has 0 spiro atoms. The van der Waals surface area contributed by atoms with Crippen molar-refractivity contribution in [3.8, 4) is 0 Å². The van der Waals surface area contributed by atoms with E-state index in [0.29, 0.717) is 5.69 Å². The quantitative estimate of drug-likeness (QED) is 0.851. The number of hydrogen-bond donors (Lipinski definition) is 2. The highest BCUT2D eigenvalue weighted by Crippen LogP contribution is 2.18. The van der Waals surface area contributed by atoms with Gasteiger partial charge >= 0.3 is 0 Å². The van der Waals surface area contributed by atoms with Crippen LogP contribution in [0.15, 0.2) is 47.4 Å². The second kappa shape index (κ2) is 5.57. The van der Waals surface area contributed by atoms with Crippen molar-refractivity contribution in [2.75, 3.05) is 17.3 Å². The Hall–Kier alpha value is -2.34. The Morgan fingerprint density at radius 1 is 1.10 bits per heavy atom. The lowest BCUT2D eigenvalue weighted by Crippen LogP contribution is -2.13. The van der Waals surface area contributed by atoms with E-state index in [2.05, 4.69) is 5.32 Å². The molecule has 0 heterocycles. The topological polar surface area (TPSA) is 89.3 Å². The number of anilines is 2. The van der Waals surface area contributed by atoms with Crippen LogP contribution in [-0.2, 0) is 9.84 Å². The Labute approximate surface area is 123 Å². The summed E-state index contributed by atoms with van der Waals surface area (Å²) in [4.78, 5) is 12.2. The summed E-state index contributed by atoms with van der Waals surface area (Å²) in [7, 11) is -3.42. The average molecular weight is 304 g/mol. The number of rotatable bonds is 3. The van der Waals surface area contributed by atoms with Crippen LogP contribution in [0.5, 0.6) is 0 Å². The Bertz CT molecular complexity index is 781. The van der Waals surface area contributed by atoms with Gasteiger partial charge in [0.2, 0.25) is 0 Å². The number of nitrogen functional groups attached to an aromatic ring is 1. The minimum Gasteiger partial charge on any atom is -0.399 e. The zero-order chi connectivity index (χ0) is 15.6. The van der Waals surface area contributed by atoms with Crippen LogP contribution in [0.3, 0.4) is 0 Å². The van der Waals surface area contributed by atoms with Gasteiger partial charge in [-0.25, -0.2) is 8.42 Å². The van der Waals surface area contributed by atoms with E-state index in [9.17, 15) is 13.2 Å². The zero-order valence-electron chi connectivity index (χ0n) is 11.8. The first-order valence-electron chi connectivity index (χ1n) is 6.24. The molecule has 0 radical (unpaired) electrons. The van der Waals surface area contributed by atoms with Crippen molar-refractivity contribution in [1.29, 1.82) is 0 Å². The molecule has 0 saturated carbocycles. The molecule has 2 rings (SSSR count). The van der Waals surface area contributed by atoms with Crippen LogP contribution in [-0.4, -0.2) is 20.6 Å². The van der Waals surface area contributed by atoms with Gasteiger partial charge < -0.3 is 11.1 Å². The van der Waals surface area contributed by atoms with Crippen molar-refractivity contribution in [2.24, 2.45) is 0 Å². The summed E-state index contributed by atoms with van der Waals surface area (Å²) in [5.41, 5.74) is 7.81. The lowest BCUT2D eigenvalue weighted by atomic mass is 10.1. The molecular weight excluding hydrogens is 288 g/mol. The fourth-order valence-corrected chi connectivity index (χ4v) is 2.50. The predicted molar refractivity (Wildman–Crippen MR) is 83.1 cm³/mol. The molecule has 5 nitrogen and oxygen atoms in total. The molecule has 0 aromatic heterocycles. The number of carbonyl (C=O) groups is 1. The van der Waals surface area contributed by atoms with Crippen molar-refractivity contribution < 1.29 is 13.2 Å². The Morgan fingerprint density at radius 2 is 1.71 bits per heavy atom. The van der Waals surface area contributed by atoms with Crippen LogP contribution >= 0.6 is 0 Å². The largest absolute Gasteiger partial charge is 0.399 e. The van der Waals surface area contributed by atoms with Gasteiger partial charge in [-0.1, -0.05) is 17.7 Å². The van der Waals surface area contributed by atoms with Crippen LogP contribution in [0.4, 0.5) is 11.4 Å². The average Bonchev–Trinajstić information content (AvgIpc) is 2.39. The highest BCUT2D eigenvalue weighted by molar-refractivity contribution is 7.90. The molecule has 21 heavy (non-hydrogen) atoms. The number of sulfone groups is 1. The standard InChI is InChI=1S/C15H16N2O3S/c1-10-3-5-13(6-4-10)17-15(18)11-7-12(16)9-14(8-11)21(2,19)20/h3-9H,16H2,1-2H3,(H,17,18). The maximum Gasteiger partial charge on any atom is 0.255 e. The Morgan fingerprint density at radius 3 is 2.29 bits per heavy atom. The Balaban J connectivity index is 2.31. The molecule has 110 valence electrons. The Kier molecular flexibility index (Phi) is 3.99. The lowest BCUT2D eigenvalue weighted by Gasteiger charge is -2.08. The SMILES string of the molecule is Cc1ccc(NC(=O)c2cc(N)cc(S(C)(=O)=O)c2)cc1. The fraction of sp³-hybridized carbons (Fsp3) is 0.133. The summed E-state index contributed by atoms with van der Waals surface area (Å²) in [5.74, 6) is -0.406. The first-order chi connectivity index (χ1) is 9.75. The van der Waals surface area contributed by atoms with E-state index < -0.39 is 15.7 Å². The van der Waals surface area contributed by atoms with Crippen molar-refractivity contribution in [3.05, 3.63) is 53.6 Å². The number of nitrogens with one attached hydrogen (secondary N) is 1. The third-order valence-corrected chi connectivity index (χ3v) is 4.02. The summed E-state index contributed by atoms with van der Waals surface area (Å²) >= 11 is 0. The molecule has 0 aliphatic heterocycles. The van der Waals surface area contributed by atoms with Gasteiger partial charge in [-0.15, -0.1) is 0 Å². The number of hydrogen-bond acceptors (Lipinski definition) is 4. The van der Waals surface area contributed by atoms with Gasteiger partial charge in [0.1, 0.15) is 0 Å². The number of carbonyl (C=O) groups excluding carboxylic acids is 1. The molecule has 1 amide bonds. The van der Waals surface area contributed by atoms with Gasteiger partial charge in [0.25, 0.3) is 5.91 Å². The second-order valence-electron chi connectivity index (χ2n) is 4.88. The van der Waals surface area contributed by atoms with E-state index in [1.54, 1.807) is 12.1 Å². The zero-order valence-corrected chi connectivity index (χ0v) is 12.6. The van der Waals surface area contributed by atoms with Crippen molar-refractivity contribution in [2.45, 2.75) is 11.8 Å². The summed E-state index contributed by atoms with van der Waals surface area (Å²) in [6, 6.07) is 11.4. The van der Waals surface area contributed by atoms with Gasteiger partial charge in [0.05, 0.1) is 4.90 Å². The van der Waals surface area contributed by atoms with E-state index in [0.717, 1.165) is 11.8 Å². The minimum atomic E-state index is -3.42. The van der Waals surface area contributed by atoms with Crippen molar-refractivity contribution in [1.82, 2.24) is 0 Å². The number of amides is 1. The maximum atomic E-state index is 12.2. The van der Waals surface area contributed by atoms with Crippen LogP contribution in [0, 0.1) is 6.92 Å². The van der Waals surface area contributed by atoms with Gasteiger partial charge in [0, 0.05) is 23.2 Å². The van der Waals surface area contributed by atoms with Crippen LogP contribution in [0.2, 0.25) is 0 Å². The summed E-state index contributed by atoms with van der Waals surface area (Å²) < 4.78 is 23.1. The molecule has 6 heteroatoms. The maximum absolute atomic E-state index is 12.2. The monoisotopic (exact) mass is 304 g/mol. The number of nitrogens with two attached hydrogens (primary N) is 1. The second-order valence-corrected chi connectivity index (χ2v) is 6.90. The van der Waals surface area contributed by atoms with Crippen LogP contribution in [0.25, 0.3) is 0 Å².